The van der Waals surface area contributed by atoms with Gasteiger partial charge in [-0.25, -0.2) is 0 Å². The molecule has 0 amide bonds. The SMILES string of the molecule is COc1cncc(Br)c1CC(N)C(=O)O. The number of aliphatic carboxylic acids is 1. The number of nitrogens with zero attached hydrogens (tertiary/aromatic N) is 1. The highest BCUT2D eigenvalue weighted by Crippen LogP contribution is 2.26. The van der Waals surface area contributed by atoms with Crippen molar-refractivity contribution in [2.75, 3.05) is 7.11 Å². The average Bonchev–Trinajstić information content (AvgIpc) is 2.20. The van der Waals surface area contributed by atoms with Crippen LogP contribution in [0.15, 0.2) is 16.9 Å². The van der Waals surface area contributed by atoms with Crippen molar-refractivity contribution in [1.29, 1.82) is 0 Å². The molecule has 0 saturated carbocycles. The first-order chi connectivity index (χ1) is 7.06. The zero-order valence-electron chi connectivity index (χ0n) is 8.11. The Kier molecular flexibility index (Phi) is 4.05. The van der Waals surface area contributed by atoms with Gasteiger partial charge in [-0.2, -0.15) is 0 Å². The summed E-state index contributed by atoms with van der Waals surface area (Å²) in [4.78, 5) is 14.5. The Morgan fingerprint density at radius 3 is 2.93 bits per heavy atom. The summed E-state index contributed by atoms with van der Waals surface area (Å²) in [7, 11) is 1.50. The molecular weight excluding hydrogens is 264 g/mol. The molecule has 0 aliphatic carbocycles. The van der Waals surface area contributed by atoms with Crippen LogP contribution in [0.3, 0.4) is 0 Å². The van der Waals surface area contributed by atoms with E-state index < -0.39 is 12.0 Å². The van der Waals surface area contributed by atoms with E-state index in [1.165, 1.54) is 13.3 Å². The lowest BCUT2D eigenvalue weighted by Gasteiger charge is -2.11. The van der Waals surface area contributed by atoms with Crippen LogP contribution in [0.1, 0.15) is 5.56 Å². The zero-order chi connectivity index (χ0) is 11.4. The first-order valence-corrected chi connectivity index (χ1v) is 5.00. The number of pyridine rings is 1. The molecule has 1 heterocycles. The zero-order valence-corrected chi connectivity index (χ0v) is 9.69. The number of halogens is 1. The van der Waals surface area contributed by atoms with Crippen LogP contribution in [0, 0.1) is 0 Å². The number of carboxylic acid groups (broad SMARTS) is 1. The summed E-state index contributed by atoms with van der Waals surface area (Å²) >= 11 is 3.27. The van der Waals surface area contributed by atoms with Gasteiger partial charge >= 0.3 is 5.97 Å². The van der Waals surface area contributed by atoms with Crippen molar-refractivity contribution in [3.05, 3.63) is 22.4 Å². The van der Waals surface area contributed by atoms with Crippen molar-refractivity contribution in [2.24, 2.45) is 5.73 Å². The quantitative estimate of drug-likeness (QED) is 0.849. The maximum Gasteiger partial charge on any atom is 0.320 e. The summed E-state index contributed by atoms with van der Waals surface area (Å²) in [6, 6.07) is -0.947. The molecule has 6 heteroatoms. The van der Waals surface area contributed by atoms with E-state index in [1.54, 1.807) is 6.20 Å². The van der Waals surface area contributed by atoms with Gasteiger partial charge in [0, 0.05) is 22.7 Å². The van der Waals surface area contributed by atoms with Crippen molar-refractivity contribution in [2.45, 2.75) is 12.5 Å². The second-order valence-corrected chi connectivity index (χ2v) is 3.81. The third-order valence-electron chi connectivity index (χ3n) is 1.93. The first kappa shape index (κ1) is 11.9. The Balaban J connectivity index is 2.97. The second kappa shape index (κ2) is 5.09. The fourth-order valence-electron chi connectivity index (χ4n) is 1.13. The minimum Gasteiger partial charge on any atom is -0.495 e. The van der Waals surface area contributed by atoms with Crippen LogP contribution in [0.25, 0.3) is 0 Å². The fourth-order valence-corrected chi connectivity index (χ4v) is 1.60. The Hall–Kier alpha value is -1.14. The van der Waals surface area contributed by atoms with Gasteiger partial charge in [-0.3, -0.25) is 9.78 Å². The number of carbonyl (C=O) groups is 1. The Morgan fingerprint density at radius 1 is 1.73 bits per heavy atom. The molecule has 1 atom stereocenters. The van der Waals surface area contributed by atoms with Crippen LogP contribution in [0.2, 0.25) is 0 Å². The lowest BCUT2D eigenvalue weighted by molar-refractivity contribution is -0.138. The van der Waals surface area contributed by atoms with E-state index in [1.807, 2.05) is 0 Å². The molecule has 3 N–H and O–H groups in total. The molecule has 82 valence electrons. The van der Waals surface area contributed by atoms with E-state index in [2.05, 4.69) is 20.9 Å². The molecule has 0 bridgehead atoms. The van der Waals surface area contributed by atoms with Gasteiger partial charge < -0.3 is 15.6 Å². The number of nitrogens with two attached hydrogens (primary N) is 1. The Labute approximate surface area is 95.4 Å². The summed E-state index contributed by atoms with van der Waals surface area (Å²) in [5.74, 6) is -0.512. The van der Waals surface area contributed by atoms with Gasteiger partial charge in [0.2, 0.25) is 0 Å². The summed E-state index contributed by atoms with van der Waals surface area (Å²) in [6.07, 6.45) is 3.29. The molecule has 15 heavy (non-hydrogen) atoms. The molecule has 1 unspecified atom stereocenters. The van der Waals surface area contributed by atoms with E-state index in [0.717, 1.165) is 0 Å². The largest absolute Gasteiger partial charge is 0.495 e. The lowest BCUT2D eigenvalue weighted by Crippen LogP contribution is -2.32. The maximum atomic E-state index is 10.6. The molecule has 0 saturated heterocycles. The van der Waals surface area contributed by atoms with Gasteiger partial charge in [-0.15, -0.1) is 0 Å². The number of rotatable bonds is 4. The highest BCUT2D eigenvalue weighted by atomic mass is 79.9. The van der Waals surface area contributed by atoms with Gasteiger partial charge in [0.25, 0.3) is 0 Å². The van der Waals surface area contributed by atoms with E-state index in [9.17, 15) is 4.79 Å². The van der Waals surface area contributed by atoms with Crippen LogP contribution in [0.5, 0.6) is 5.75 Å². The maximum absolute atomic E-state index is 10.6. The van der Waals surface area contributed by atoms with Crippen LogP contribution < -0.4 is 10.5 Å². The molecule has 0 aromatic carbocycles. The van der Waals surface area contributed by atoms with E-state index >= 15 is 0 Å². The van der Waals surface area contributed by atoms with Gasteiger partial charge in [-0.05, 0) is 15.9 Å². The molecule has 0 fully saturated rings. The normalized spacial score (nSPS) is 12.2. The van der Waals surface area contributed by atoms with E-state index in [-0.39, 0.29) is 6.42 Å². The number of methoxy groups -OCH3 is 1. The van der Waals surface area contributed by atoms with Crippen molar-refractivity contribution < 1.29 is 14.6 Å². The minimum atomic E-state index is -1.04. The molecule has 0 spiro atoms. The second-order valence-electron chi connectivity index (χ2n) is 2.95. The Bertz CT molecular complexity index is 370. The fraction of sp³-hybridized carbons (Fsp3) is 0.333. The molecule has 1 rings (SSSR count). The van der Waals surface area contributed by atoms with Crippen LogP contribution in [0.4, 0.5) is 0 Å². The third-order valence-corrected chi connectivity index (χ3v) is 2.61. The van der Waals surface area contributed by atoms with E-state index in [4.69, 9.17) is 15.6 Å². The third kappa shape index (κ3) is 2.90. The number of hydrogen-bond acceptors (Lipinski definition) is 4. The predicted molar refractivity (Wildman–Crippen MR) is 57.8 cm³/mol. The van der Waals surface area contributed by atoms with E-state index in [0.29, 0.717) is 15.8 Å². The molecule has 0 aliphatic rings. The van der Waals surface area contributed by atoms with Crippen molar-refractivity contribution in [1.82, 2.24) is 4.98 Å². The molecule has 1 aromatic heterocycles. The van der Waals surface area contributed by atoms with Crippen LogP contribution in [-0.4, -0.2) is 29.2 Å². The topological polar surface area (TPSA) is 85.4 Å². The molecule has 0 aliphatic heterocycles. The lowest BCUT2D eigenvalue weighted by atomic mass is 10.1. The summed E-state index contributed by atoms with van der Waals surface area (Å²) in [5.41, 5.74) is 6.16. The van der Waals surface area contributed by atoms with Gasteiger partial charge in [0.05, 0.1) is 13.3 Å². The molecule has 1 aromatic rings. The monoisotopic (exact) mass is 274 g/mol. The van der Waals surface area contributed by atoms with Crippen LogP contribution >= 0.6 is 15.9 Å². The predicted octanol–water partition coefficient (Wildman–Crippen LogP) is 0.807. The van der Waals surface area contributed by atoms with Gasteiger partial charge in [0.15, 0.2) is 0 Å². The molecular formula is C9H11BrN2O3. The number of ether oxygens (including phenoxy) is 1. The van der Waals surface area contributed by atoms with Gasteiger partial charge in [-0.1, -0.05) is 0 Å². The summed E-state index contributed by atoms with van der Waals surface area (Å²) in [6.45, 7) is 0. The number of aromatic nitrogens is 1. The number of carboxylic acids is 1. The standard InChI is InChI=1S/C9H11BrN2O3/c1-15-8-4-12-3-6(10)5(8)2-7(11)9(13)14/h3-4,7H,2,11H2,1H3,(H,13,14). The average molecular weight is 275 g/mol. The summed E-state index contributed by atoms with van der Waals surface area (Å²) < 4.78 is 5.76. The highest BCUT2D eigenvalue weighted by Gasteiger charge is 2.17. The molecule has 0 radical (unpaired) electrons. The minimum absolute atomic E-state index is 0.196. The Morgan fingerprint density at radius 2 is 2.40 bits per heavy atom. The van der Waals surface area contributed by atoms with Crippen molar-refractivity contribution in [3.63, 3.8) is 0 Å². The van der Waals surface area contributed by atoms with Crippen LogP contribution in [-0.2, 0) is 11.2 Å². The molecule has 5 nitrogen and oxygen atoms in total. The first-order valence-electron chi connectivity index (χ1n) is 4.21. The van der Waals surface area contributed by atoms with Gasteiger partial charge in [0.1, 0.15) is 11.8 Å². The van der Waals surface area contributed by atoms with Crippen molar-refractivity contribution >= 4 is 21.9 Å². The smallest absolute Gasteiger partial charge is 0.320 e. The highest BCUT2D eigenvalue weighted by molar-refractivity contribution is 9.10. The summed E-state index contributed by atoms with van der Waals surface area (Å²) in [5, 5.41) is 8.70. The number of hydrogen-bond donors (Lipinski definition) is 2. The van der Waals surface area contributed by atoms with Crippen molar-refractivity contribution in [3.8, 4) is 5.75 Å².